The fourth-order valence-corrected chi connectivity index (χ4v) is 2.59. The van der Waals surface area contributed by atoms with Gasteiger partial charge in [0.1, 0.15) is 0 Å². The molecule has 2 aromatic carbocycles. The van der Waals surface area contributed by atoms with Crippen molar-refractivity contribution in [1.82, 2.24) is 10.4 Å². The number of aromatic amines is 1. The number of carbonyl (C=O) groups is 2. The summed E-state index contributed by atoms with van der Waals surface area (Å²) >= 11 is 0. The van der Waals surface area contributed by atoms with Gasteiger partial charge in [-0.1, -0.05) is 18.2 Å². The molecule has 0 unspecified atom stereocenters. The fraction of sp³-hybridized carbons (Fsp3) is 0.105. The summed E-state index contributed by atoms with van der Waals surface area (Å²) < 4.78 is 0. The van der Waals surface area contributed by atoms with Gasteiger partial charge in [0.2, 0.25) is 5.91 Å². The second-order valence-electron chi connectivity index (χ2n) is 5.67. The van der Waals surface area contributed by atoms with Crippen molar-refractivity contribution < 1.29 is 9.59 Å². The zero-order chi connectivity index (χ0) is 17.8. The lowest BCUT2D eigenvalue weighted by Gasteiger charge is -2.03. The van der Waals surface area contributed by atoms with Crippen molar-refractivity contribution in [2.45, 2.75) is 13.8 Å². The normalized spacial score (nSPS) is 11.0. The van der Waals surface area contributed by atoms with E-state index in [4.69, 9.17) is 0 Å². The first-order valence-corrected chi connectivity index (χ1v) is 7.83. The molecule has 3 rings (SSSR count). The van der Waals surface area contributed by atoms with Crippen molar-refractivity contribution in [2.24, 2.45) is 5.10 Å². The number of hydrogen-bond acceptors (Lipinski definition) is 3. The van der Waals surface area contributed by atoms with E-state index in [0.717, 1.165) is 22.2 Å². The van der Waals surface area contributed by atoms with Crippen molar-refractivity contribution in [1.29, 1.82) is 0 Å². The minimum Gasteiger partial charge on any atom is -0.358 e. The van der Waals surface area contributed by atoms with Crippen molar-refractivity contribution in [3.05, 3.63) is 65.4 Å². The molecule has 0 bridgehead atoms. The Morgan fingerprint density at radius 2 is 1.80 bits per heavy atom. The average Bonchev–Trinajstić information content (AvgIpc) is 2.90. The maximum atomic E-state index is 12.1. The molecule has 25 heavy (non-hydrogen) atoms. The third-order valence-corrected chi connectivity index (χ3v) is 3.77. The molecule has 6 heteroatoms. The summed E-state index contributed by atoms with van der Waals surface area (Å²) in [5.74, 6) is -0.473. The molecule has 0 aliphatic heterocycles. The lowest BCUT2D eigenvalue weighted by atomic mass is 10.1. The summed E-state index contributed by atoms with van der Waals surface area (Å²) in [6.45, 7) is 3.39. The smallest absolute Gasteiger partial charge is 0.271 e. The van der Waals surface area contributed by atoms with E-state index in [-0.39, 0.29) is 11.8 Å². The quantitative estimate of drug-likeness (QED) is 0.505. The molecule has 126 valence electrons. The van der Waals surface area contributed by atoms with Crippen molar-refractivity contribution in [3.63, 3.8) is 0 Å². The molecule has 1 heterocycles. The van der Waals surface area contributed by atoms with Gasteiger partial charge in [-0.25, -0.2) is 5.43 Å². The monoisotopic (exact) mass is 334 g/mol. The van der Waals surface area contributed by atoms with Gasteiger partial charge in [-0.05, 0) is 37.3 Å². The first-order chi connectivity index (χ1) is 12.0. The molecule has 3 N–H and O–H groups in total. The van der Waals surface area contributed by atoms with Gasteiger partial charge in [0, 0.05) is 40.3 Å². The van der Waals surface area contributed by atoms with Crippen molar-refractivity contribution in [3.8, 4) is 0 Å². The van der Waals surface area contributed by atoms with Crippen LogP contribution < -0.4 is 10.7 Å². The van der Waals surface area contributed by atoms with Crippen LogP contribution in [0.5, 0.6) is 0 Å². The standard InChI is InChI=1S/C19H18N4O2/c1-12-17(16-5-3-4-6-18(16)21-12)11-20-23-19(25)14-7-9-15(10-8-14)22-13(2)24/h3-11,21H,1-2H3,(H,22,24)(H,23,25)/b20-11-. The molecular weight excluding hydrogens is 316 g/mol. The average molecular weight is 334 g/mol. The number of H-pyrrole nitrogens is 1. The fourth-order valence-electron chi connectivity index (χ4n) is 2.59. The second kappa shape index (κ2) is 7.00. The van der Waals surface area contributed by atoms with Gasteiger partial charge < -0.3 is 10.3 Å². The van der Waals surface area contributed by atoms with Crippen LogP contribution in [0.2, 0.25) is 0 Å². The molecule has 0 spiro atoms. The van der Waals surface area contributed by atoms with Crippen LogP contribution in [-0.2, 0) is 4.79 Å². The van der Waals surface area contributed by atoms with Crippen LogP contribution >= 0.6 is 0 Å². The highest BCUT2D eigenvalue weighted by Crippen LogP contribution is 2.19. The molecule has 6 nitrogen and oxygen atoms in total. The molecule has 0 radical (unpaired) electrons. The number of amides is 2. The Morgan fingerprint density at radius 1 is 1.08 bits per heavy atom. The Kier molecular flexibility index (Phi) is 4.61. The number of para-hydroxylation sites is 1. The maximum Gasteiger partial charge on any atom is 0.271 e. The third kappa shape index (κ3) is 3.74. The highest BCUT2D eigenvalue weighted by Gasteiger charge is 2.07. The van der Waals surface area contributed by atoms with E-state index in [1.165, 1.54) is 6.92 Å². The number of hydrazone groups is 1. The molecule has 0 atom stereocenters. The van der Waals surface area contributed by atoms with Gasteiger partial charge in [0.25, 0.3) is 5.91 Å². The number of benzene rings is 2. The summed E-state index contributed by atoms with van der Waals surface area (Å²) in [6.07, 6.45) is 1.64. The number of carbonyl (C=O) groups excluding carboxylic acids is 2. The molecule has 3 aromatic rings. The summed E-state index contributed by atoms with van der Waals surface area (Å²) in [6, 6.07) is 14.5. The Morgan fingerprint density at radius 3 is 2.52 bits per heavy atom. The van der Waals surface area contributed by atoms with Crippen LogP contribution in [0, 0.1) is 6.92 Å². The van der Waals surface area contributed by atoms with E-state index in [9.17, 15) is 9.59 Å². The summed E-state index contributed by atoms with van der Waals surface area (Å²) in [5, 5.41) is 7.76. The van der Waals surface area contributed by atoms with Crippen LogP contribution in [0.3, 0.4) is 0 Å². The molecule has 0 saturated heterocycles. The Balaban J connectivity index is 1.70. The number of aryl methyl sites for hydroxylation is 1. The zero-order valence-corrected chi connectivity index (χ0v) is 14.0. The van der Waals surface area contributed by atoms with Crippen LogP contribution in [0.4, 0.5) is 5.69 Å². The van der Waals surface area contributed by atoms with Gasteiger partial charge >= 0.3 is 0 Å². The van der Waals surface area contributed by atoms with Crippen LogP contribution in [0.25, 0.3) is 10.9 Å². The zero-order valence-electron chi connectivity index (χ0n) is 14.0. The van der Waals surface area contributed by atoms with E-state index in [1.807, 2.05) is 31.2 Å². The van der Waals surface area contributed by atoms with Crippen LogP contribution in [-0.4, -0.2) is 23.0 Å². The Labute approximate surface area is 144 Å². The summed E-state index contributed by atoms with van der Waals surface area (Å²) in [5.41, 5.74) is 6.58. The van der Waals surface area contributed by atoms with Gasteiger partial charge in [-0.3, -0.25) is 9.59 Å². The van der Waals surface area contributed by atoms with E-state index in [1.54, 1.807) is 30.5 Å². The SMILES string of the molecule is CC(=O)Nc1ccc(C(=O)N/N=C\c2c(C)[nH]c3ccccc23)cc1. The van der Waals surface area contributed by atoms with Gasteiger partial charge in [0.05, 0.1) is 6.21 Å². The van der Waals surface area contributed by atoms with Crippen molar-refractivity contribution >= 4 is 34.6 Å². The molecule has 0 aliphatic carbocycles. The van der Waals surface area contributed by atoms with Gasteiger partial charge in [0.15, 0.2) is 0 Å². The first kappa shape index (κ1) is 16.4. The predicted octanol–water partition coefficient (Wildman–Crippen LogP) is 3.20. The van der Waals surface area contributed by atoms with Crippen LogP contribution in [0.1, 0.15) is 28.5 Å². The number of nitrogens with one attached hydrogen (secondary N) is 3. The first-order valence-electron chi connectivity index (χ1n) is 7.83. The molecule has 0 saturated carbocycles. The van der Waals surface area contributed by atoms with Gasteiger partial charge in [-0.2, -0.15) is 5.10 Å². The number of fused-ring (bicyclic) bond motifs is 1. The summed E-state index contributed by atoms with van der Waals surface area (Å²) in [7, 11) is 0. The lowest BCUT2D eigenvalue weighted by Crippen LogP contribution is -2.17. The Hall–Kier alpha value is -3.41. The molecule has 1 aromatic heterocycles. The second-order valence-corrected chi connectivity index (χ2v) is 5.67. The van der Waals surface area contributed by atoms with Crippen molar-refractivity contribution in [2.75, 3.05) is 5.32 Å². The minimum atomic E-state index is -0.317. The molecule has 0 fully saturated rings. The summed E-state index contributed by atoms with van der Waals surface area (Å²) in [4.78, 5) is 26.4. The maximum absolute atomic E-state index is 12.1. The predicted molar refractivity (Wildman–Crippen MR) is 98.8 cm³/mol. The van der Waals surface area contributed by atoms with E-state index in [0.29, 0.717) is 11.3 Å². The minimum absolute atomic E-state index is 0.157. The number of nitrogens with zero attached hydrogens (tertiary/aromatic N) is 1. The topological polar surface area (TPSA) is 86.3 Å². The van der Waals surface area contributed by atoms with Gasteiger partial charge in [-0.15, -0.1) is 0 Å². The lowest BCUT2D eigenvalue weighted by molar-refractivity contribution is -0.114. The number of rotatable bonds is 4. The number of anilines is 1. The molecule has 2 amide bonds. The van der Waals surface area contributed by atoms with E-state index >= 15 is 0 Å². The largest absolute Gasteiger partial charge is 0.358 e. The van der Waals surface area contributed by atoms with E-state index < -0.39 is 0 Å². The Bertz CT molecular complexity index is 955. The van der Waals surface area contributed by atoms with E-state index in [2.05, 4.69) is 20.8 Å². The highest BCUT2D eigenvalue weighted by atomic mass is 16.2. The van der Waals surface area contributed by atoms with Crippen LogP contribution in [0.15, 0.2) is 53.6 Å². The number of aromatic nitrogens is 1. The molecule has 0 aliphatic rings. The molecular formula is C19H18N4O2. The third-order valence-electron chi connectivity index (χ3n) is 3.77. The highest BCUT2D eigenvalue weighted by molar-refractivity contribution is 6.01. The number of hydrogen-bond donors (Lipinski definition) is 3.